The fourth-order valence-electron chi connectivity index (χ4n) is 1.90. The second-order valence-electron chi connectivity index (χ2n) is 3.52. The molecule has 0 amide bonds. The van der Waals surface area contributed by atoms with Gasteiger partial charge < -0.3 is 19.0 Å². The van der Waals surface area contributed by atoms with Gasteiger partial charge in [-0.15, -0.1) is 0 Å². The smallest absolute Gasteiger partial charge is 0.231 e. The van der Waals surface area contributed by atoms with Gasteiger partial charge in [-0.25, -0.2) is 0 Å². The summed E-state index contributed by atoms with van der Waals surface area (Å²) >= 11 is 0. The third-order valence-corrected chi connectivity index (χ3v) is 2.52. The zero-order valence-electron chi connectivity index (χ0n) is 8.24. The zero-order chi connectivity index (χ0) is 10.4. The largest absolute Gasteiger partial charge is 0.461 e. The van der Waals surface area contributed by atoms with Crippen LogP contribution in [-0.4, -0.2) is 11.9 Å². The van der Waals surface area contributed by atoms with Crippen LogP contribution in [0.5, 0.6) is 11.5 Å². The SMILES string of the molecule is Cc1cc2cc3c(c(CO)c2o1)OCO3. The normalized spacial score (nSPS) is 13.7. The molecule has 0 saturated heterocycles. The van der Waals surface area contributed by atoms with E-state index in [2.05, 4.69) is 0 Å². The minimum Gasteiger partial charge on any atom is -0.461 e. The molecule has 4 nitrogen and oxygen atoms in total. The molecule has 4 heteroatoms. The zero-order valence-corrected chi connectivity index (χ0v) is 8.24. The summed E-state index contributed by atoms with van der Waals surface area (Å²) in [5.74, 6) is 2.08. The van der Waals surface area contributed by atoms with Crippen molar-refractivity contribution in [2.24, 2.45) is 0 Å². The molecule has 0 bridgehead atoms. The Morgan fingerprint density at radius 3 is 3.00 bits per heavy atom. The Labute approximate surface area is 86.0 Å². The average molecular weight is 206 g/mol. The van der Waals surface area contributed by atoms with Gasteiger partial charge in [0.1, 0.15) is 11.3 Å². The highest BCUT2D eigenvalue weighted by molar-refractivity contribution is 5.86. The summed E-state index contributed by atoms with van der Waals surface area (Å²) in [5.41, 5.74) is 1.34. The first-order valence-electron chi connectivity index (χ1n) is 4.72. The van der Waals surface area contributed by atoms with E-state index < -0.39 is 0 Å². The van der Waals surface area contributed by atoms with Crippen LogP contribution in [0.3, 0.4) is 0 Å². The monoisotopic (exact) mass is 206 g/mol. The van der Waals surface area contributed by atoms with Gasteiger partial charge in [0.25, 0.3) is 0 Å². The van der Waals surface area contributed by atoms with Gasteiger partial charge in [-0.3, -0.25) is 0 Å². The molecule has 78 valence electrons. The van der Waals surface area contributed by atoms with Crippen molar-refractivity contribution >= 4 is 11.0 Å². The first-order valence-corrected chi connectivity index (χ1v) is 4.72. The van der Waals surface area contributed by atoms with Gasteiger partial charge in [0.15, 0.2) is 11.5 Å². The number of rotatable bonds is 1. The Kier molecular flexibility index (Phi) is 1.67. The average Bonchev–Trinajstić information content (AvgIpc) is 2.78. The lowest BCUT2D eigenvalue weighted by Gasteiger charge is -2.03. The number of hydrogen-bond donors (Lipinski definition) is 1. The summed E-state index contributed by atoms with van der Waals surface area (Å²) in [6, 6.07) is 3.78. The second-order valence-corrected chi connectivity index (χ2v) is 3.52. The van der Waals surface area contributed by atoms with Gasteiger partial charge >= 0.3 is 0 Å². The van der Waals surface area contributed by atoms with E-state index in [0.29, 0.717) is 22.6 Å². The molecule has 0 spiro atoms. The number of ether oxygens (including phenoxy) is 2. The van der Waals surface area contributed by atoms with Crippen molar-refractivity contribution in [3.8, 4) is 11.5 Å². The van der Waals surface area contributed by atoms with Crippen LogP contribution >= 0.6 is 0 Å². The Morgan fingerprint density at radius 2 is 2.20 bits per heavy atom. The summed E-state index contributed by atoms with van der Waals surface area (Å²) in [6.07, 6.45) is 0. The van der Waals surface area contributed by atoms with Crippen LogP contribution in [0.15, 0.2) is 16.5 Å². The molecule has 1 aliphatic heterocycles. The van der Waals surface area contributed by atoms with Gasteiger partial charge in [0.2, 0.25) is 6.79 Å². The van der Waals surface area contributed by atoms with Crippen molar-refractivity contribution in [2.45, 2.75) is 13.5 Å². The van der Waals surface area contributed by atoms with Gasteiger partial charge in [-0.05, 0) is 19.1 Å². The maximum Gasteiger partial charge on any atom is 0.231 e. The number of aryl methyl sites for hydroxylation is 1. The maximum absolute atomic E-state index is 9.31. The van der Waals surface area contributed by atoms with E-state index in [1.54, 1.807) is 0 Å². The molecule has 1 aromatic heterocycles. The minimum absolute atomic E-state index is 0.115. The van der Waals surface area contributed by atoms with E-state index in [4.69, 9.17) is 13.9 Å². The number of aliphatic hydroxyl groups is 1. The second kappa shape index (κ2) is 2.90. The standard InChI is InChI=1S/C11H10O4/c1-6-2-7-3-9-11(14-5-13-9)8(4-12)10(7)15-6/h2-3,12H,4-5H2,1H3. The van der Waals surface area contributed by atoms with Crippen LogP contribution in [0.4, 0.5) is 0 Å². The van der Waals surface area contributed by atoms with Gasteiger partial charge in [0.05, 0.1) is 12.2 Å². The third kappa shape index (κ3) is 1.11. The molecular weight excluding hydrogens is 196 g/mol. The van der Waals surface area contributed by atoms with Crippen molar-refractivity contribution in [3.05, 3.63) is 23.5 Å². The Morgan fingerprint density at radius 1 is 1.33 bits per heavy atom. The van der Waals surface area contributed by atoms with Crippen molar-refractivity contribution in [3.63, 3.8) is 0 Å². The Hall–Kier alpha value is -1.68. The molecule has 0 atom stereocenters. The quantitative estimate of drug-likeness (QED) is 0.774. The molecule has 0 unspecified atom stereocenters. The van der Waals surface area contributed by atoms with Crippen LogP contribution in [0.1, 0.15) is 11.3 Å². The minimum atomic E-state index is -0.115. The summed E-state index contributed by atoms with van der Waals surface area (Å²) in [7, 11) is 0. The van der Waals surface area contributed by atoms with Crippen molar-refractivity contribution in [2.75, 3.05) is 6.79 Å². The molecule has 0 fully saturated rings. The topological polar surface area (TPSA) is 51.8 Å². The molecule has 2 heterocycles. The third-order valence-electron chi connectivity index (χ3n) is 2.52. The fourth-order valence-corrected chi connectivity index (χ4v) is 1.90. The number of benzene rings is 1. The number of fused-ring (bicyclic) bond motifs is 2. The predicted octanol–water partition coefficient (Wildman–Crippen LogP) is 1.96. The molecular formula is C11H10O4. The summed E-state index contributed by atoms with van der Waals surface area (Å²) in [6.45, 7) is 1.96. The van der Waals surface area contributed by atoms with Crippen molar-refractivity contribution < 1.29 is 19.0 Å². The predicted molar refractivity (Wildman–Crippen MR) is 53.0 cm³/mol. The van der Waals surface area contributed by atoms with Crippen molar-refractivity contribution in [1.29, 1.82) is 0 Å². The molecule has 1 aliphatic rings. The lowest BCUT2D eigenvalue weighted by atomic mass is 10.1. The Balaban J connectivity index is 2.39. The number of aliphatic hydroxyl groups excluding tert-OH is 1. The summed E-state index contributed by atoms with van der Waals surface area (Å²) in [4.78, 5) is 0. The maximum atomic E-state index is 9.31. The van der Waals surface area contributed by atoms with Gasteiger partial charge in [-0.2, -0.15) is 0 Å². The van der Waals surface area contributed by atoms with Crippen LogP contribution in [-0.2, 0) is 6.61 Å². The highest BCUT2D eigenvalue weighted by Crippen LogP contribution is 2.41. The van der Waals surface area contributed by atoms with Crippen LogP contribution < -0.4 is 9.47 Å². The highest BCUT2D eigenvalue weighted by Gasteiger charge is 2.22. The first-order chi connectivity index (χ1) is 7.29. The van der Waals surface area contributed by atoms with Crippen LogP contribution in [0.2, 0.25) is 0 Å². The van der Waals surface area contributed by atoms with Crippen molar-refractivity contribution in [1.82, 2.24) is 0 Å². The van der Waals surface area contributed by atoms with E-state index in [-0.39, 0.29) is 13.4 Å². The molecule has 15 heavy (non-hydrogen) atoms. The number of hydrogen-bond acceptors (Lipinski definition) is 4. The first kappa shape index (κ1) is 8.61. The molecule has 1 N–H and O–H groups in total. The molecule has 0 saturated carbocycles. The molecule has 0 radical (unpaired) electrons. The van der Waals surface area contributed by atoms with Gasteiger partial charge in [-0.1, -0.05) is 0 Å². The Bertz CT molecular complexity index is 527. The number of furan rings is 1. The summed E-state index contributed by atoms with van der Waals surface area (Å²) in [5, 5.41) is 10.2. The molecule has 1 aromatic carbocycles. The molecule has 0 aliphatic carbocycles. The van der Waals surface area contributed by atoms with E-state index >= 15 is 0 Å². The van der Waals surface area contributed by atoms with Gasteiger partial charge in [0, 0.05) is 5.39 Å². The lowest BCUT2D eigenvalue weighted by Crippen LogP contribution is -1.94. The lowest BCUT2D eigenvalue weighted by molar-refractivity contribution is 0.171. The fraction of sp³-hybridized carbons (Fsp3) is 0.273. The van der Waals surface area contributed by atoms with E-state index in [9.17, 15) is 5.11 Å². The van der Waals surface area contributed by atoms with E-state index in [0.717, 1.165) is 11.1 Å². The molecule has 3 rings (SSSR count). The van der Waals surface area contributed by atoms with Crippen LogP contribution in [0, 0.1) is 6.92 Å². The highest BCUT2D eigenvalue weighted by atomic mass is 16.7. The molecule has 2 aromatic rings. The van der Waals surface area contributed by atoms with E-state index in [1.807, 2.05) is 19.1 Å². The summed E-state index contributed by atoms with van der Waals surface area (Å²) < 4.78 is 16.1. The van der Waals surface area contributed by atoms with Crippen LogP contribution in [0.25, 0.3) is 11.0 Å². The van der Waals surface area contributed by atoms with E-state index in [1.165, 1.54) is 0 Å².